The Kier molecular flexibility index (Phi) is 2.74. The molecule has 1 heterocycles. The molecule has 3 heteroatoms. The summed E-state index contributed by atoms with van der Waals surface area (Å²) in [4.78, 5) is 14.4. The number of anilines is 1. The molecule has 4 rings (SSSR count). The maximum absolute atomic E-state index is 12.6. The number of benzene rings is 2. The summed E-state index contributed by atoms with van der Waals surface area (Å²) in [7, 11) is 1.62. The van der Waals surface area contributed by atoms with Crippen molar-refractivity contribution >= 4 is 11.6 Å². The molecule has 1 fully saturated rings. The molecular formula is C18H17NO2. The lowest BCUT2D eigenvalue weighted by atomic mass is 10.1. The van der Waals surface area contributed by atoms with Crippen LogP contribution in [0.2, 0.25) is 0 Å². The van der Waals surface area contributed by atoms with Crippen molar-refractivity contribution in [1.29, 1.82) is 0 Å². The van der Waals surface area contributed by atoms with Crippen LogP contribution >= 0.6 is 0 Å². The van der Waals surface area contributed by atoms with Gasteiger partial charge in [0.25, 0.3) is 5.91 Å². The number of carbonyl (C=O) groups is 1. The highest BCUT2D eigenvalue weighted by atomic mass is 16.5. The highest BCUT2D eigenvalue weighted by Crippen LogP contribution is 2.41. The lowest BCUT2D eigenvalue weighted by molar-refractivity contribution is 0.0996. The molecule has 0 aromatic heterocycles. The lowest BCUT2D eigenvalue weighted by Gasteiger charge is -2.16. The van der Waals surface area contributed by atoms with E-state index in [2.05, 4.69) is 24.3 Å². The number of rotatable bonds is 3. The Balaban J connectivity index is 1.63. The molecule has 0 bridgehead atoms. The second kappa shape index (κ2) is 4.62. The molecule has 1 aliphatic carbocycles. The average Bonchev–Trinajstić information content (AvgIpc) is 3.32. The number of carbonyl (C=O) groups excluding carboxylic acids is 1. The Labute approximate surface area is 124 Å². The van der Waals surface area contributed by atoms with Crippen LogP contribution in [-0.2, 0) is 6.54 Å². The molecule has 0 radical (unpaired) electrons. The molecule has 1 saturated carbocycles. The van der Waals surface area contributed by atoms with Gasteiger partial charge in [-0.15, -0.1) is 0 Å². The molecule has 0 spiro atoms. The largest absolute Gasteiger partial charge is 0.497 e. The zero-order chi connectivity index (χ0) is 14.4. The smallest absolute Gasteiger partial charge is 0.259 e. The van der Waals surface area contributed by atoms with Crippen molar-refractivity contribution in [2.24, 2.45) is 0 Å². The SMILES string of the molecule is COc1ccc2c(c1)C(=O)N(c1ccc(C3CC3)cc1)C2. The molecule has 0 N–H and O–H groups in total. The molecule has 2 aromatic rings. The van der Waals surface area contributed by atoms with Crippen LogP contribution in [-0.4, -0.2) is 13.0 Å². The normalized spacial score (nSPS) is 17.0. The van der Waals surface area contributed by atoms with Crippen LogP contribution in [0.3, 0.4) is 0 Å². The van der Waals surface area contributed by atoms with Crippen LogP contribution in [0.4, 0.5) is 5.69 Å². The topological polar surface area (TPSA) is 29.5 Å². The Morgan fingerprint density at radius 1 is 1.10 bits per heavy atom. The van der Waals surface area contributed by atoms with E-state index >= 15 is 0 Å². The third kappa shape index (κ3) is 2.09. The van der Waals surface area contributed by atoms with Crippen LogP contribution in [0, 0.1) is 0 Å². The van der Waals surface area contributed by atoms with Crippen LogP contribution in [0.15, 0.2) is 42.5 Å². The van der Waals surface area contributed by atoms with E-state index in [9.17, 15) is 4.79 Å². The maximum Gasteiger partial charge on any atom is 0.259 e. The van der Waals surface area contributed by atoms with E-state index in [4.69, 9.17) is 4.74 Å². The predicted molar refractivity (Wildman–Crippen MR) is 81.9 cm³/mol. The zero-order valence-corrected chi connectivity index (χ0v) is 12.0. The summed E-state index contributed by atoms with van der Waals surface area (Å²) < 4.78 is 5.21. The maximum atomic E-state index is 12.6. The minimum Gasteiger partial charge on any atom is -0.497 e. The third-order valence-corrected chi connectivity index (χ3v) is 4.37. The fourth-order valence-electron chi connectivity index (χ4n) is 2.96. The van der Waals surface area contributed by atoms with Gasteiger partial charge in [-0.1, -0.05) is 18.2 Å². The monoisotopic (exact) mass is 279 g/mol. The van der Waals surface area contributed by atoms with Gasteiger partial charge in [-0.05, 0) is 54.2 Å². The second-order valence-corrected chi connectivity index (χ2v) is 5.78. The average molecular weight is 279 g/mol. The van der Waals surface area contributed by atoms with Crippen LogP contribution < -0.4 is 9.64 Å². The second-order valence-electron chi connectivity index (χ2n) is 5.78. The first kappa shape index (κ1) is 12.5. The molecule has 0 saturated heterocycles. The highest BCUT2D eigenvalue weighted by Gasteiger charge is 2.29. The molecule has 1 aliphatic heterocycles. The number of hydrogen-bond donors (Lipinski definition) is 0. The fourth-order valence-corrected chi connectivity index (χ4v) is 2.96. The number of hydrogen-bond acceptors (Lipinski definition) is 2. The van der Waals surface area contributed by atoms with Gasteiger partial charge in [-0.3, -0.25) is 4.79 Å². The van der Waals surface area contributed by atoms with Gasteiger partial charge in [0.2, 0.25) is 0 Å². The Morgan fingerprint density at radius 3 is 2.52 bits per heavy atom. The molecule has 106 valence electrons. The van der Waals surface area contributed by atoms with E-state index in [0.29, 0.717) is 6.54 Å². The Bertz CT molecular complexity index is 702. The first-order chi connectivity index (χ1) is 10.3. The van der Waals surface area contributed by atoms with E-state index in [0.717, 1.165) is 28.5 Å². The van der Waals surface area contributed by atoms with Gasteiger partial charge in [-0.25, -0.2) is 0 Å². The van der Waals surface area contributed by atoms with Crippen LogP contribution in [0.1, 0.15) is 40.2 Å². The molecular weight excluding hydrogens is 262 g/mol. The predicted octanol–water partition coefficient (Wildman–Crippen LogP) is 3.73. The van der Waals surface area contributed by atoms with Crippen molar-refractivity contribution in [2.45, 2.75) is 25.3 Å². The van der Waals surface area contributed by atoms with Gasteiger partial charge >= 0.3 is 0 Å². The molecule has 2 aliphatic rings. The van der Waals surface area contributed by atoms with E-state index in [-0.39, 0.29) is 5.91 Å². The fraction of sp³-hybridized carbons (Fsp3) is 0.278. The van der Waals surface area contributed by atoms with Gasteiger partial charge in [0.05, 0.1) is 13.7 Å². The van der Waals surface area contributed by atoms with Gasteiger partial charge in [0.1, 0.15) is 5.75 Å². The van der Waals surface area contributed by atoms with Gasteiger partial charge in [-0.2, -0.15) is 0 Å². The standard InChI is InChI=1S/C18H17NO2/c1-21-16-9-6-14-11-19(18(20)17(14)10-16)15-7-4-13(5-8-15)12-2-3-12/h4-10,12H,2-3,11H2,1H3. The molecule has 0 unspecified atom stereocenters. The van der Waals surface area contributed by atoms with Gasteiger partial charge < -0.3 is 9.64 Å². The quantitative estimate of drug-likeness (QED) is 0.856. The number of nitrogens with zero attached hydrogens (tertiary/aromatic N) is 1. The highest BCUT2D eigenvalue weighted by molar-refractivity contribution is 6.10. The summed E-state index contributed by atoms with van der Waals surface area (Å²) in [5.41, 5.74) is 4.18. The van der Waals surface area contributed by atoms with Crippen LogP contribution in [0.25, 0.3) is 0 Å². The first-order valence-electron chi connectivity index (χ1n) is 7.35. The Morgan fingerprint density at radius 2 is 1.86 bits per heavy atom. The number of ether oxygens (including phenoxy) is 1. The van der Waals surface area contributed by atoms with Crippen molar-refractivity contribution in [1.82, 2.24) is 0 Å². The first-order valence-corrected chi connectivity index (χ1v) is 7.35. The minimum atomic E-state index is 0.0584. The van der Waals surface area contributed by atoms with E-state index in [1.807, 2.05) is 23.1 Å². The summed E-state index contributed by atoms with van der Waals surface area (Å²) in [5, 5.41) is 0. The third-order valence-electron chi connectivity index (χ3n) is 4.37. The minimum absolute atomic E-state index is 0.0584. The lowest BCUT2D eigenvalue weighted by Crippen LogP contribution is -2.22. The number of fused-ring (bicyclic) bond motifs is 1. The molecule has 21 heavy (non-hydrogen) atoms. The summed E-state index contributed by atoms with van der Waals surface area (Å²) >= 11 is 0. The van der Waals surface area contributed by atoms with E-state index in [1.54, 1.807) is 7.11 Å². The summed E-state index contributed by atoms with van der Waals surface area (Å²) in [5.74, 6) is 1.53. The molecule has 0 atom stereocenters. The number of amides is 1. The number of methoxy groups -OCH3 is 1. The Hall–Kier alpha value is -2.29. The van der Waals surface area contributed by atoms with Crippen molar-refractivity contribution in [3.05, 3.63) is 59.2 Å². The summed E-state index contributed by atoms with van der Waals surface area (Å²) in [6.07, 6.45) is 2.60. The van der Waals surface area contributed by atoms with E-state index in [1.165, 1.54) is 18.4 Å². The van der Waals surface area contributed by atoms with Crippen LogP contribution in [0.5, 0.6) is 5.75 Å². The van der Waals surface area contributed by atoms with Crippen molar-refractivity contribution in [3.63, 3.8) is 0 Å². The summed E-state index contributed by atoms with van der Waals surface area (Å²) in [6, 6.07) is 14.2. The zero-order valence-electron chi connectivity index (χ0n) is 12.0. The van der Waals surface area contributed by atoms with Crippen molar-refractivity contribution < 1.29 is 9.53 Å². The van der Waals surface area contributed by atoms with E-state index < -0.39 is 0 Å². The van der Waals surface area contributed by atoms with Crippen molar-refractivity contribution in [2.75, 3.05) is 12.0 Å². The van der Waals surface area contributed by atoms with Crippen molar-refractivity contribution in [3.8, 4) is 5.75 Å². The van der Waals surface area contributed by atoms with Gasteiger partial charge in [0, 0.05) is 11.3 Å². The van der Waals surface area contributed by atoms with Gasteiger partial charge in [0.15, 0.2) is 0 Å². The summed E-state index contributed by atoms with van der Waals surface area (Å²) in [6.45, 7) is 0.640. The molecule has 3 nitrogen and oxygen atoms in total. The molecule has 1 amide bonds. The molecule has 2 aromatic carbocycles.